The molecule has 0 aliphatic carbocycles. The monoisotopic (exact) mass is 275 g/mol. The van der Waals surface area contributed by atoms with Gasteiger partial charge >= 0.3 is 0 Å². The molecule has 5 heteroatoms. The number of para-hydroxylation sites is 1. The third kappa shape index (κ3) is 3.93. The molecular weight excluding hydrogens is 261 g/mol. The van der Waals surface area contributed by atoms with Crippen molar-refractivity contribution in [3.05, 3.63) is 59.9 Å². The van der Waals surface area contributed by atoms with Gasteiger partial charge in [0.1, 0.15) is 5.82 Å². The summed E-state index contributed by atoms with van der Waals surface area (Å²) in [6.07, 6.45) is 0. The molecular formula is C14H14FN3S. The number of aryl methyl sites for hydroxylation is 1. The Morgan fingerprint density at radius 2 is 1.89 bits per heavy atom. The van der Waals surface area contributed by atoms with E-state index in [9.17, 15) is 4.39 Å². The second-order valence-electron chi connectivity index (χ2n) is 4.05. The molecule has 0 fully saturated rings. The van der Waals surface area contributed by atoms with Gasteiger partial charge in [-0.05, 0) is 49.0 Å². The van der Waals surface area contributed by atoms with E-state index in [0.29, 0.717) is 10.8 Å². The zero-order chi connectivity index (χ0) is 13.7. The van der Waals surface area contributed by atoms with Gasteiger partial charge in [-0.3, -0.25) is 10.9 Å². The highest BCUT2D eigenvalue weighted by Crippen LogP contribution is 2.12. The van der Waals surface area contributed by atoms with Gasteiger partial charge in [-0.25, -0.2) is 4.39 Å². The molecule has 0 spiro atoms. The number of thiocarbonyl (C=S) groups is 1. The molecule has 2 rings (SSSR count). The summed E-state index contributed by atoms with van der Waals surface area (Å²) in [4.78, 5) is 0. The topological polar surface area (TPSA) is 36.1 Å². The van der Waals surface area contributed by atoms with Crippen LogP contribution in [0.25, 0.3) is 0 Å². The van der Waals surface area contributed by atoms with Gasteiger partial charge in [0.15, 0.2) is 5.11 Å². The summed E-state index contributed by atoms with van der Waals surface area (Å²) in [5.74, 6) is -0.345. The maximum absolute atomic E-state index is 13.4. The zero-order valence-corrected chi connectivity index (χ0v) is 11.2. The minimum atomic E-state index is -0.345. The normalized spacial score (nSPS) is 9.79. The summed E-state index contributed by atoms with van der Waals surface area (Å²) in [5, 5.41) is 3.08. The van der Waals surface area contributed by atoms with Crippen molar-refractivity contribution < 1.29 is 4.39 Å². The summed E-state index contributed by atoms with van der Waals surface area (Å²) in [7, 11) is 0. The smallest absolute Gasteiger partial charge is 0.189 e. The fourth-order valence-corrected chi connectivity index (χ4v) is 1.73. The van der Waals surface area contributed by atoms with Crippen LogP contribution in [0.3, 0.4) is 0 Å². The molecule has 0 unspecified atom stereocenters. The van der Waals surface area contributed by atoms with E-state index in [4.69, 9.17) is 12.2 Å². The van der Waals surface area contributed by atoms with Gasteiger partial charge in [0, 0.05) is 0 Å². The van der Waals surface area contributed by atoms with Crippen molar-refractivity contribution in [2.45, 2.75) is 6.92 Å². The zero-order valence-electron chi connectivity index (χ0n) is 10.4. The number of hydrogen-bond donors (Lipinski definition) is 3. The summed E-state index contributed by atoms with van der Waals surface area (Å²) in [6.45, 7) is 2.00. The Balaban J connectivity index is 1.90. The van der Waals surface area contributed by atoms with Gasteiger partial charge < -0.3 is 5.32 Å². The Bertz CT molecular complexity index is 586. The largest absolute Gasteiger partial charge is 0.329 e. The van der Waals surface area contributed by atoms with Crippen LogP contribution in [0.5, 0.6) is 0 Å². The Morgan fingerprint density at radius 1 is 1.11 bits per heavy atom. The van der Waals surface area contributed by atoms with Crippen LogP contribution >= 0.6 is 12.2 Å². The van der Waals surface area contributed by atoms with E-state index in [0.717, 1.165) is 11.3 Å². The molecule has 0 bridgehead atoms. The standard InChI is InChI=1S/C14H14FN3S/c1-10-5-4-6-11(9-10)17-18-14(19)16-13-8-3-2-7-12(13)15/h2-9,17H,1H3,(H2,16,18,19). The lowest BCUT2D eigenvalue weighted by Crippen LogP contribution is -2.33. The van der Waals surface area contributed by atoms with Crippen LogP contribution in [-0.2, 0) is 0 Å². The third-order valence-electron chi connectivity index (χ3n) is 2.46. The molecule has 2 aromatic carbocycles. The van der Waals surface area contributed by atoms with Crippen LogP contribution in [0.15, 0.2) is 48.5 Å². The molecule has 0 amide bonds. The second-order valence-corrected chi connectivity index (χ2v) is 4.46. The van der Waals surface area contributed by atoms with E-state index in [1.165, 1.54) is 6.07 Å². The average Bonchev–Trinajstić information content (AvgIpc) is 2.39. The maximum atomic E-state index is 13.4. The van der Waals surface area contributed by atoms with E-state index in [1.54, 1.807) is 18.2 Å². The first-order chi connectivity index (χ1) is 9.15. The molecule has 2 aromatic rings. The van der Waals surface area contributed by atoms with E-state index in [1.807, 2.05) is 31.2 Å². The van der Waals surface area contributed by atoms with Crippen molar-refractivity contribution in [1.29, 1.82) is 0 Å². The second kappa shape index (κ2) is 6.15. The number of rotatable bonds is 3. The Morgan fingerprint density at radius 3 is 2.63 bits per heavy atom. The number of hydrogen-bond acceptors (Lipinski definition) is 2. The maximum Gasteiger partial charge on any atom is 0.189 e. The van der Waals surface area contributed by atoms with Crippen LogP contribution < -0.4 is 16.2 Å². The van der Waals surface area contributed by atoms with E-state index in [-0.39, 0.29) is 5.82 Å². The lowest BCUT2D eigenvalue weighted by molar-refractivity contribution is 0.632. The van der Waals surface area contributed by atoms with Crippen LogP contribution in [-0.4, -0.2) is 5.11 Å². The number of benzene rings is 2. The number of anilines is 2. The first kappa shape index (κ1) is 13.3. The molecule has 19 heavy (non-hydrogen) atoms. The predicted molar refractivity (Wildman–Crippen MR) is 80.6 cm³/mol. The SMILES string of the molecule is Cc1cccc(NNC(=S)Nc2ccccc2F)c1. The van der Waals surface area contributed by atoms with Crippen LogP contribution in [0.1, 0.15) is 5.56 Å². The Hall–Kier alpha value is -2.14. The first-order valence-electron chi connectivity index (χ1n) is 5.79. The fraction of sp³-hybridized carbons (Fsp3) is 0.0714. The van der Waals surface area contributed by atoms with Crippen molar-refractivity contribution in [2.24, 2.45) is 0 Å². The molecule has 3 N–H and O–H groups in total. The highest BCUT2D eigenvalue weighted by atomic mass is 32.1. The Labute approximate surface area is 116 Å². The average molecular weight is 275 g/mol. The molecule has 0 saturated carbocycles. The van der Waals surface area contributed by atoms with Crippen LogP contribution in [0.4, 0.5) is 15.8 Å². The molecule has 0 heterocycles. The minimum Gasteiger partial charge on any atom is -0.329 e. The van der Waals surface area contributed by atoms with Crippen molar-refractivity contribution in [3.63, 3.8) is 0 Å². The highest BCUT2D eigenvalue weighted by Gasteiger charge is 2.02. The van der Waals surface area contributed by atoms with E-state index >= 15 is 0 Å². The lowest BCUT2D eigenvalue weighted by Gasteiger charge is -2.13. The molecule has 0 aliphatic heterocycles. The summed E-state index contributed by atoms with van der Waals surface area (Å²) in [5.41, 5.74) is 8.12. The predicted octanol–water partition coefficient (Wildman–Crippen LogP) is 3.45. The number of hydrazine groups is 1. The summed E-state index contributed by atoms with van der Waals surface area (Å²) in [6, 6.07) is 14.2. The van der Waals surface area contributed by atoms with E-state index in [2.05, 4.69) is 16.2 Å². The molecule has 0 saturated heterocycles. The summed E-state index contributed by atoms with van der Waals surface area (Å²) < 4.78 is 13.4. The van der Waals surface area contributed by atoms with Crippen LogP contribution in [0, 0.1) is 12.7 Å². The van der Waals surface area contributed by atoms with Crippen LogP contribution in [0.2, 0.25) is 0 Å². The van der Waals surface area contributed by atoms with Crippen molar-refractivity contribution in [2.75, 3.05) is 10.7 Å². The lowest BCUT2D eigenvalue weighted by atomic mass is 10.2. The number of halogens is 1. The molecule has 0 radical (unpaired) electrons. The molecule has 98 valence electrons. The van der Waals surface area contributed by atoms with E-state index < -0.39 is 0 Å². The van der Waals surface area contributed by atoms with Crippen molar-refractivity contribution in [1.82, 2.24) is 5.43 Å². The van der Waals surface area contributed by atoms with Gasteiger partial charge in [0.25, 0.3) is 0 Å². The molecule has 0 aliphatic rings. The van der Waals surface area contributed by atoms with Crippen molar-refractivity contribution in [3.8, 4) is 0 Å². The Kier molecular flexibility index (Phi) is 4.30. The van der Waals surface area contributed by atoms with Crippen molar-refractivity contribution >= 4 is 28.7 Å². The fourth-order valence-electron chi connectivity index (χ4n) is 1.57. The highest BCUT2D eigenvalue weighted by molar-refractivity contribution is 7.80. The number of nitrogens with one attached hydrogen (secondary N) is 3. The molecule has 0 aromatic heterocycles. The van der Waals surface area contributed by atoms with Gasteiger partial charge in [0.05, 0.1) is 11.4 Å². The molecule has 0 atom stereocenters. The quantitative estimate of drug-likeness (QED) is 0.592. The van der Waals surface area contributed by atoms with Gasteiger partial charge in [-0.15, -0.1) is 0 Å². The van der Waals surface area contributed by atoms with Gasteiger partial charge in [-0.1, -0.05) is 24.3 Å². The van der Waals surface area contributed by atoms with Gasteiger partial charge in [0.2, 0.25) is 0 Å². The summed E-state index contributed by atoms with van der Waals surface area (Å²) >= 11 is 5.08. The molecule has 3 nitrogen and oxygen atoms in total. The minimum absolute atomic E-state index is 0.298. The first-order valence-corrected chi connectivity index (χ1v) is 6.20. The van der Waals surface area contributed by atoms with Gasteiger partial charge in [-0.2, -0.15) is 0 Å². The third-order valence-corrected chi connectivity index (χ3v) is 2.66.